The van der Waals surface area contributed by atoms with Crippen molar-refractivity contribution in [2.24, 2.45) is 0 Å². The predicted molar refractivity (Wildman–Crippen MR) is 64.2 cm³/mol. The van der Waals surface area contributed by atoms with Crippen LogP contribution in [0.4, 0.5) is 5.95 Å². The summed E-state index contributed by atoms with van der Waals surface area (Å²) in [5.41, 5.74) is 6.30. The maximum Gasteiger partial charge on any atom is 0.224 e. The summed E-state index contributed by atoms with van der Waals surface area (Å²) in [7, 11) is 1.62. The second kappa shape index (κ2) is 4.69. The van der Waals surface area contributed by atoms with Gasteiger partial charge in [-0.25, -0.2) is 4.98 Å². The molecule has 0 saturated carbocycles. The molecule has 0 radical (unpaired) electrons. The van der Waals surface area contributed by atoms with Crippen LogP contribution in [0.1, 0.15) is 5.69 Å². The normalized spacial score (nSPS) is 10.0. The van der Waals surface area contributed by atoms with Crippen molar-refractivity contribution in [1.29, 1.82) is 0 Å². The van der Waals surface area contributed by atoms with Crippen molar-refractivity contribution in [3.8, 4) is 17.4 Å². The maximum absolute atomic E-state index is 5.55. The molecule has 88 valence electrons. The van der Waals surface area contributed by atoms with Crippen LogP contribution in [-0.2, 0) is 0 Å². The van der Waals surface area contributed by atoms with Gasteiger partial charge in [-0.1, -0.05) is 0 Å². The number of aryl methyl sites for hydroxylation is 1. The van der Waals surface area contributed by atoms with Crippen molar-refractivity contribution in [2.75, 3.05) is 12.8 Å². The van der Waals surface area contributed by atoms with Crippen LogP contribution in [0.15, 0.2) is 30.3 Å². The molecule has 0 atom stereocenters. The number of hydrogen-bond acceptors (Lipinski definition) is 5. The molecule has 0 unspecified atom stereocenters. The SMILES string of the molecule is COc1ccc(Oc2cc(C)nc(N)n2)cc1. The van der Waals surface area contributed by atoms with Crippen LogP contribution in [0.2, 0.25) is 0 Å². The largest absolute Gasteiger partial charge is 0.497 e. The number of nitrogen functional groups attached to an aromatic ring is 1. The second-order valence-corrected chi connectivity index (χ2v) is 3.48. The lowest BCUT2D eigenvalue weighted by molar-refractivity contribution is 0.412. The molecule has 0 fully saturated rings. The van der Waals surface area contributed by atoms with Crippen LogP contribution in [0.25, 0.3) is 0 Å². The molecule has 0 spiro atoms. The van der Waals surface area contributed by atoms with Gasteiger partial charge in [0.2, 0.25) is 11.8 Å². The summed E-state index contributed by atoms with van der Waals surface area (Å²) < 4.78 is 10.6. The van der Waals surface area contributed by atoms with Gasteiger partial charge in [0.05, 0.1) is 7.11 Å². The number of rotatable bonds is 3. The van der Waals surface area contributed by atoms with Crippen LogP contribution in [0.5, 0.6) is 17.4 Å². The highest BCUT2D eigenvalue weighted by Gasteiger charge is 2.02. The fourth-order valence-corrected chi connectivity index (χ4v) is 1.38. The smallest absolute Gasteiger partial charge is 0.224 e. The fourth-order valence-electron chi connectivity index (χ4n) is 1.38. The van der Waals surface area contributed by atoms with Crippen LogP contribution >= 0.6 is 0 Å². The van der Waals surface area contributed by atoms with Gasteiger partial charge in [-0.15, -0.1) is 0 Å². The Morgan fingerprint density at radius 3 is 2.29 bits per heavy atom. The quantitative estimate of drug-likeness (QED) is 0.876. The summed E-state index contributed by atoms with van der Waals surface area (Å²) >= 11 is 0. The number of aromatic nitrogens is 2. The Labute approximate surface area is 99.2 Å². The Balaban J connectivity index is 2.19. The van der Waals surface area contributed by atoms with E-state index in [4.69, 9.17) is 15.2 Å². The van der Waals surface area contributed by atoms with Crippen molar-refractivity contribution < 1.29 is 9.47 Å². The molecule has 2 aromatic rings. The monoisotopic (exact) mass is 231 g/mol. The van der Waals surface area contributed by atoms with E-state index < -0.39 is 0 Å². The van der Waals surface area contributed by atoms with E-state index in [1.807, 2.05) is 19.1 Å². The molecule has 0 bridgehead atoms. The van der Waals surface area contributed by atoms with Gasteiger partial charge in [0, 0.05) is 11.8 Å². The molecule has 0 aliphatic carbocycles. The van der Waals surface area contributed by atoms with E-state index in [9.17, 15) is 0 Å². The molecule has 0 aliphatic heterocycles. The Morgan fingerprint density at radius 1 is 1.06 bits per heavy atom. The van der Waals surface area contributed by atoms with Gasteiger partial charge in [0.1, 0.15) is 11.5 Å². The minimum Gasteiger partial charge on any atom is -0.497 e. The highest BCUT2D eigenvalue weighted by atomic mass is 16.5. The maximum atomic E-state index is 5.55. The van der Waals surface area contributed by atoms with Gasteiger partial charge in [0.25, 0.3) is 0 Å². The standard InChI is InChI=1S/C12H13N3O2/c1-8-7-11(15-12(13)14-8)17-10-5-3-9(16-2)4-6-10/h3-7H,1-2H3,(H2,13,14,15). The number of benzene rings is 1. The molecule has 2 N–H and O–H groups in total. The van der Waals surface area contributed by atoms with Crippen molar-refractivity contribution >= 4 is 5.95 Å². The number of anilines is 1. The minimum atomic E-state index is 0.202. The van der Waals surface area contributed by atoms with E-state index in [2.05, 4.69) is 9.97 Å². The third kappa shape index (κ3) is 2.84. The van der Waals surface area contributed by atoms with Crippen LogP contribution in [0.3, 0.4) is 0 Å². The lowest BCUT2D eigenvalue weighted by Gasteiger charge is -2.06. The molecule has 5 nitrogen and oxygen atoms in total. The van der Waals surface area contributed by atoms with Gasteiger partial charge < -0.3 is 15.2 Å². The lowest BCUT2D eigenvalue weighted by atomic mass is 10.3. The van der Waals surface area contributed by atoms with Gasteiger partial charge in [-0.3, -0.25) is 0 Å². The molecular formula is C12H13N3O2. The topological polar surface area (TPSA) is 70.3 Å². The molecular weight excluding hydrogens is 218 g/mol. The Hall–Kier alpha value is -2.30. The summed E-state index contributed by atoms with van der Waals surface area (Å²) in [5.74, 6) is 2.08. The highest BCUT2D eigenvalue weighted by Crippen LogP contribution is 2.22. The summed E-state index contributed by atoms with van der Waals surface area (Å²) in [6.45, 7) is 1.83. The van der Waals surface area contributed by atoms with Gasteiger partial charge in [-0.05, 0) is 31.2 Å². The molecule has 17 heavy (non-hydrogen) atoms. The van der Waals surface area contributed by atoms with Crippen LogP contribution in [0, 0.1) is 6.92 Å². The van der Waals surface area contributed by atoms with E-state index >= 15 is 0 Å². The molecule has 0 aliphatic rings. The summed E-state index contributed by atoms with van der Waals surface area (Å²) in [5, 5.41) is 0. The van der Waals surface area contributed by atoms with Gasteiger partial charge in [-0.2, -0.15) is 4.98 Å². The van der Waals surface area contributed by atoms with Crippen molar-refractivity contribution in [2.45, 2.75) is 6.92 Å². The van der Waals surface area contributed by atoms with Crippen molar-refractivity contribution in [1.82, 2.24) is 9.97 Å². The fraction of sp³-hybridized carbons (Fsp3) is 0.167. The van der Waals surface area contributed by atoms with E-state index in [-0.39, 0.29) is 5.95 Å². The predicted octanol–water partition coefficient (Wildman–Crippen LogP) is 2.17. The molecule has 2 rings (SSSR count). The number of nitrogens with zero attached hydrogens (tertiary/aromatic N) is 2. The Kier molecular flexibility index (Phi) is 3.09. The van der Waals surface area contributed by atoms with E-state index in [1.54, 1.807) is 25.3 Å². The van der Waals surface area contributed by atoms with E-state index in [1.165, 1.54) is 0 Å². The third-order valence-electron chi connectivity index (χ3n) is 2.13. The van der Waals surface area contributed by atoms with Crippen LogP contribution in [-0.4, -0.2) is 17.1 Å². The second-order valence-electron chi connectivity index (χ2n) is 3.48. The minimum absolute atomic E-state index is 0.202. The first-order valence-corrected chi connectivity index (χ1v) is 5.10. The van der Waals surface area contributed by atoms with E-state index in [0.29, 0.717) is 11.6 Å². The van der Waals surface area contributed by atoms with Crippen molar-refractivity contribution in [3.05, 3.63) is 36.0 Å². The average Bonchev–Trinajstić information content (AvgIpc) is 2.28. The van der Waals surface area contributed by atoms with Gasteiger partial charge >= 0.3 is 0 Å². The highest BCUT2D eigenvalue weighted by molar-refractivity contribution is 5.35. The average molecular weight is 231 g/mol. The first-order valence-electron chi connectivity index (χ1n) is 5.10. The van der Waals surface area contributed by atoms with E-state index in [0.717, 1.165) is 11.4 Å². The number of nitrogens with two attached hydrogens (primary N) is 1. The van der Waals surface area contributed by atoms with Gasteiger partial charge in [0.15, 0.2) is 0 Å². The first-order chi connectivity index (χ1) is 8.17. The zero-order chi connectivity index (χ0) is 12.3. The van der Waals surface area contributed by atoms with Crippen molar-refractivity contribution in [3.63, 3.8) is 0 Å². The first kappa shape index (κ1) is 11.2. The number of ether oxygens (including phenoxy) is 2. The van der Waals surface area contributed by atoms with Crippen LogP contribution < -0.4 is 15.2 Å². The summed E-state index contributed by atoms with van der Waals surface area (Å²) in [6, 6.07) is 8.94. The number of methoxy groups -OCH3 is 1. The third-order valence-corrected chi connectivity index (χ3v) is 2.13. The number of hydrogen-bond donors (Lipinski definition) is 1. The zero-order valence-corrected chi connectivity index (χ0v) is 9.68. The Morgan fingerprint density at radius 2 is 1.71 bits per heavy atom. The molecule has 1 aromatic heterocycles. The zero-order valence-electron chi connectivity index (χ0n) is 9.68. The summed E-state index contributed by atoms with van der Waals surface area (Å²) in [4.78, 5) is 7.96. The molecule has 1 aromatic carbocycles. The lowest BCUT2D eigenvalue weighted by Crippen LogP contribution is -1.98. The summed E-state index contributed by atoms with van der Waals surface area (Å²) in [6.07, 6.45) is 0. The Bertz CT molecular complexity index is 491. The molecule has 5 heteroatoms. The molecule has 0 saturated heterocycles. The molecule has 0 amide bonds. The molecule has 1 heterocycles.